The minimum Gasteiger partial charge on any atom is -0.497 e. The maximum absolute atomic E-state index is 11.7. The van der Waals surface area contributed by atoms with Gasteiger partial charge in [-0.15, -0.1) is 0 Å². The van der Waals surface area contributed by atoms with Gasteiger partial charge in [-0.3, -0.25) is 9.69 Å². The Hall–Kier alpha value is -1.75. The molecule has 0 amide bonds. The summed E-state index contributed by atoms with van der Waals surface area (Å²) in [5, 5.41) is 9.60. The Morgan fingerprint density at radius 2 is 1.91 bits per heavy atom. The van der Waals surface area contributed by atoms with Crippen LogP contribution in [0.1, 0.15) is 32.3 Å². The van der Waals surface area contributed by atoms with Crippen molar-refractivity contribution in [1.29, 1.82) is 0 Å². The van der Waals surface area contributed by atoms with Gasteiger partial charge >= 0.3 is 5.97 Å². The van der Waals surface area contributed by atoms with Crippen molar-refractivity contribution < 1.29 is 19.4 Å². The Balaban J connectivity index is 2.39. The second-order valence-electron chi connectivity index (χ2n) is 6.73. The van der Waals surface area contributed by atoms with Gasteiger partial charge in [0, 0.05) is 30.6 Å². The first-order valence-electron chi connectivity index (χ1n) is 7.47. The summed E-state index contributed by atoms with van der Waals surface area (Å²) in [7, 11) is 3.20. The quantitative estimate of drug-likeness (QED) is 0.926. The van der Waals surface area contributed by atoms with Crippen LogP contribution >= 0.6 is 0 Å². The molecule has 0 bridgehead atoms. The largest absolute Gasteiger partial charge is 0.497 e. The maximum atomic E-state index is 11.7. The van der Waals surface area contributed by atoms with E-state index in [0.717, 1.165) is 5.56 Å². The molecule has 0 aliphatic carbocycles. The van der Waals surface area contributed by atoms with Crippen LogP contribution in [0.2, 0.25) is 0 Å². The molecule has 1 fully saturated rings. The number of ether oxygens (including phenoxy) is 2. The van der Waals surface area contributed by atoms with Crippen molar-refractivity contribution in [2.24, 2.45) is 5.92 Å². The third-order valence-electron chi connectivity index (χ3n) is 4.43. The zero-order valence-electron chi connectivity index (χ0n) is 13.9. The third-order valence-corrected chi connectivity index (χ3v) is 4.43. The second kappa shape index (κ2) is 6.16. The molecule has 1 aliphatic heterocycles. The fourth-order valence-corrected chi connectivity index (χ4v) is 3.04. The number of rotatable bonds is 4. The summed E-state index contributed by atoms with van der Waals surface area (Å²) in [5.41, 5.74) is 0.879. The molecule has 2 rings (SSSR count). The van der Waals surface area contributed by atoms with Crippen LogP contribution in [-0.2, 0) is 4.79 Å². The molecule has 1 saturated heterocycles. The van der Waals surface area contributed by atoms with E-state index in [1.807, 2.05) is 18.2 Å². The number of carboxylic acid groups (broad SMARTS) is 1. The normalized spacial score (nSPS) is 22.6. The summed E-state index contributed by atoms with van der Waals surface area (Å²) in [4.78, 5) is 13.9. The van der Waals surface area contributed by atoms with Gasteiger partial charge in [0.15, 0.2) is 0 Å². The van der Waals surface area contributed by atoms with E-state index in [0.29, 0.717) is 24.6 Å². The molecular formula is C17H25NO4. The zero-order valence-corrected chi connectivity index (χ0v) is 13.9. The predicted octanol–water partition coefficient (Wildman–Crippen LogP) is 2.60. The molecule has 1 N–H and O–H groups in total. The molecule has 1 aromatic rings. The Morgan fingerprint density at radius 1 is 1.23 bits per heavy atom. The summed E-state index contributed by atoms with van der Waals surface area (Å²) in [6.07, 6.45) is 0. The van der Waals surface area contributed by atoms with Crippen LogP contribution < -0.4 is 9.47 Å². The van der Waals surface area contributed by atoms with Crippen molar-refractivity contribution >= 4 is 5.97 Å². The SMILES string of the molecule is COc1ccc([C@@H]2CN(C(C)(C)C)C[C@H]2C(=O)O)c(OC)c1. The number of aliphatic carboxylic acids is 1. The monoisotopic (exact) mass is 307 g/mol. The molecule has 1 heterocycles. The van der Waals surface area contributed by atoms with Crippen LogP contribution in [0.5, 0.6) is 11.5 Å². The number of carboxylic acids is 1. The average Bonchev–Trinajstić information content (AvgIpc) is 2.91. The number of hydrogen-bond acceptors (Lipinski definition) is 4. The molecule has 22 heavy (non-hydrogen) atoms. The summed E-state index contributed by atoms with van der Waals surface area (Å²) in [6.45, 7) is 7.60. The van der Waals surface area contributed by atoms with Gasteiger partial charge in [-0.1, -0.05) is 6.07 Å². The predicted molar refractivity (Wildman–Crippen MR) is 84.7 cm³/mol. The lowest BCUT2D eigenvalue weighted by Gasteiger charge is -2.31. The highest BCUT2D eigenvalue weighted by Gasteiger charge is 2.43. The number of benzene rings is 1. The minimum absolute atomic E-state index is 0.0534. The van der Waals surface area contributed by atoms with Gasteiger partial charge in [0.25, 0.3) is 0 Å². The van der Waals surface area contributed by atoms with Crippen molar-refractivity contribution in [1.82, 2.24) is 4.90 Å². The fourth-order valence-electron chi connectivity index (χ4n) is 3.04. The van der Waals surface area contributed by atoms with Gasteiger partial charge in [-0.2, -0.15) is 0 Å². The van der Waals surface area contributed by atoms with E-state index in [1.165, 1.54) is 0 Å². The van der Waals surface area contributed by atoms with Gasteiger partial charge in [0.05, 0.1) is 20.1 Å². The van der Waals surface area contributed by atoms with E-state index in [9.17, 15) is 9.90 Å². The number of methoxy groups -OCH3 is 2. The van der Waals surface area contributed by atoms with E-state index >= 15 is 0 Å². The van der Waals surface area contributed by atoms with Crippen LogP contribution in [-0.4, -0.2) is 48.8 Å². The molecule has 0 saturated carbocycles. The lowest BCUT2D eigenvalue weighted by atomic mass is 9.88. The standard InChI is InChI=1S/C17H25NO4/c1-17(2,3)18-9-13(14(10-18)16(19)20)12-7-6-11(21-4)8-15(12)22-5/h6-8,13-14H,9-10H2,1-5H3,(H,19,20)/t13-,14+/m0/s1. The summed E-state index contributed by atoms with van der Waals surface area (Å²) in [6, 6.07) is 5.59. The number of hydrogen-bond donors (Lipinski definition) is 1. The van der Waals surface area contributed by atoms with Crippen LogP contribution in [0.3, 0.4) is 0 Å². The van der Waals surface area contributed by atoms with E-state index in [1.54, 1.807) is 14.2 Å². The van der Waals surface area contributed by atoms with Gasteiger partial charge in [-0.25, -0.2) is 0 Å². The van der Waals surface area contributed by atoms with Crippen LogP contribution in [0.15, 0.2) is 18.2 Å². The Morgan fingerprint density at radius 3 is 2.41 bits per heavy atom. The van der Waals surface area contributed by atoms with Crippen LogP contribution in [0.4, 0.5) is 0 Å². The van der Waals surface area contributed by atoms with Crippen LogP contribution in [0.25, 0.3) is 0 Å². The molecule has 2 atom stereocenters. The first-order chi connectivity index (χ1) is 10.3. The lowest BCUT2D eigenvalue weighted by Crippen LogP contribution is -2.40. The van der Waals surface area contributed by atoms with E-state index in [2.05, 4.69) is 25.7 Å². The molecule has 0 radical (unpaired) electrons. The minimum atomic E-state index is -0.755. The molecular weight excluding hydrogens is 282 g/mol. The van der Waals surface area contributed by atoms with Crippen molar-refractivity contribution in [3.05, 3.63) is 23.8 Å². The Labute approximate surface area is 131 Å². The maximum Gasteiger partial charge on any atom is 0.308 e. The summed E-state index contributed by atoms with van der Waals surface area (Å²) >= 11 is 0. The second-order valence-corrected chi connectivity index (χ2v) is 6.73. The lowest BCUT2D eigenvalue weighted by molar-refractivity contribution is -0.141. The highest BCUT2D eigenvalue weighted by Crippen LogP contribution is 2.41. The van der Waals surface area contributed by atoms with Crippen molar-refractivity contribution in [3.8, 4) is 11.5 Å². The molecule has 0 aromatic heterocycles. The number of carbonyl (C=O) groups is 1. The Bertz CT molecular complexity index is 550. The smallest absolute Gasteiger partial charge is 0.308 e. The van der Waals surface area contributed by atoms with Crippen molar-refractivity contribution in [2.45, 2.75) is 32.2 Å². The van der Waals surface area contributed by atoms with Gasteiger partial charge in [-0.05, 0) is 32.4 Å². The number of likely N-dealkylation sites (tertiary alicyclic amines) is 1. The first-order valence-corrected chi connectivity index (χ1v) is 7.47. The van der Waals surface area contributed by atoms with E-state index in [-0.39, 0.29) is 11.5 Å². The van der Waals surface area contributed by atoms with Gasteiger partial charge in [0.2, 0.25) is 0 Å². The highest BCUT2D eigenvalue weighted by molar-refractivity contribution is 5.72. The van der Waals surface area contributed by atoms with E-state index < -0.39 is 11.9 Å². The highest BCUT2D eigenvalue weighted by atomic mass is 16.5. The molecule has 1 aliphatic rings. The third kappa shape index (κ3) is 3.19. The molecule has 5 heteroatoms. The zero-order chi connectivity index (χ0) is 16.5. The molecule has 0 spiro atoms. The van der Waals surface area contributed by atoms with Crippen molar-refractivity contribution in [3.63, 3.8) is 0 Å². The average molecular weight is 307 g/mol. The molecule has 0 unspecified atom stereocenters. The van der Waals surface area contributed by atoms with Crippen LogP contribution in [0, 0.1) is 5.92 Å². The number of nitrogens with zero attached hydrogens (tertiary/aromatic N) is 1. The Kier molecular flexibility index (Phi) is 4.66. The van der Waals surface area contributed by atoms with Gasteiger partial charge < -0.3 is 14.6 Å². The summed E-state index contributed by atoms with van der Waals surface area (Å²) in [5.74, 6) is 0.123. The first kappa shape index (κ1) is 16.6. The van der Waals surface area contributed by atoms with Crippen molar-refractivity contribution in [2.75, 3.05) is 27.3 Å². The molecule has 1 aromatic carbocycles. The molecule has 5 nitrogen and oxygen atoms in total. The van der Waals surface area contributed by atoms with Gasteiger partial charge in [0.1, 0.15) is 11.5 Å². The fraction of sp³-hybridized carbons (Fsp3) is 0.588. The summed E-state index contributed by atoms with van der Waals surface area (Å²) < 4.78 is 10.7. The topological polar surface area (TPSA) is 59.0 Å². The molecule has 122 valence electrons. The van der Waals surface area contributed by atoms with E-state index in [4.69, 9.17) is 9.47 Å².